The van der Waals surface area contributed by atoms with Crippen LogP contribution >= 0.6 is 0 Å². The van der Waals surface area contributed by atoms with E-state index in [-0.39, 0.29) is 11.9 Å². The van der Waals surface area contributed by atoms with E-state index >= 15 is 0 Å². The Bertz CT molecular complexity index is 1120. The lowest BCUT2D eigenvalue weighted by atomic mass is 10.2. The molecule has 1 saturated heterocycles. The highest BCUT2D eigenvalue weighted by Crippen LogP contribution is 2.24. The zero-order chi connectivity index (χ0) is 22.0. The van der Waals surface area contributed by atoms with Crippen LogP contribution in [0.25, 0.3) is 11.0 Å². The van der Waals surface area contributed by atoms with Crippen molar-refractivity contribution in [2.45, 2.75) is 32.7 Å². The quantitative estimate of drug-likeness (QED) is 0.573. The number of carbonyl (C=O) groups excluding carboxylic acids is 2. The molecular formula is C20H25N9O2. The molecular weight excluding hydrogens is 398 g/mol. The molecule has 11 heteroatoms. The number of aryl methyl sites for hydroxylation is 1. The summed E-state index contributed by atoms with van der Waals surface area (Å²) in [4.78, 5) is 40.2. The second-order valence-electron chi connectivity index (χ2n) is 7.70. The third-order valence-electron chi connectivity index (χ3n) is 4.92. The number of hydrogen-bond donors (Lipinski definition) is 3. The number of anilines is 3. The summed E-state index contributed by atoms with van der Waals surface area (Å²) in [5, 5.41) is 13.2. The van der Waals surface area contributed by atoms with E-state index in [1.807, 2.05) is 13.8 Å². The summed E-state index contributed by atoms with van der Waals surface area (Å²) >= 11 is 0. The predicted molar refractivity (Wildman–Crippen MR) is 117 cm³/mol. The Kier molecular flexibility index (Phi) is 5.65. The van der Waals surface area contributed by atoms with Crippen LogP contribution in [-0.4, -0.2) is 55.8 Å². The maximum atomic E-state index is 12.6. The number of urea groups is 1. The van der Waals surface area contributed by atoms with Gasteiger partial charge in [0.15, 0.2) is 11.5 Å². The number of fused-ring (bicyclic) bond motifs is 1. The molecule has 0 aromatic carbocycles. The highest BCUT2D eigenvalue weighted by Gasteiger charge is 2.20. The van der Waals surface area contributed by atoms with Gasteiger partial charge in [-0.1, -0.05) is 0 Å². The average Bonchev–Trinajstić information content (AvgIpc) is 3.36. The zero-order valence-corrected chi connectivity index (χ0v) is 17.7. The molecule has 3 aromatic rings. The first-order valence-electron chi connectivity index (χ1n) is 10.2. The molecule has 0 unspecified atom stereocenters. The van der Waals surface area contributed by atoms with Gasteiger partial charge < -0.3 is 15.5 Å². The van der Waals surface area contributed by atoms with Crippen molar-refractivity contribution < 1.29 is 9.59 Å². The van der Waals surface area contributed by atoms with Crippen LogP contribution in [0.15, 0.2) is 24.7 Å². The Morgan fingerprint density at radius 2 is 1.90 bits per heavy atom. The number of nitrogens with one attached hydrogen (secondary N) is 3. The minimum atomic E-state index is -0.546. The van der Waals surface area contributed by atoms with E-state index < -0.39 is 6.03 Å². The number of rotatable bonds is 5. The maximum Gasteiger partial charge on any atom is 0.324 e. The van der Waals surface area contributed by atoms with Crippen molar-refractivity contribution in [3.05, 3.63) is 30.2 Å². The third kappa shape index (κ3) is 4.39. The van der Waals surface area contributed by atoms with Gasteiger partial charge in [-0.15, -0.1) is 0 Å². The van der Waals surface area contributed by atoms with E-state index in [1.54, 1.807) is 24.0 Å². The lowest BCUT2D eigenvalue weighted by molar-refractivity contribution is 0.0944. The van der Waals surface area contributed by atoms with E-state index in [9.17, 15) is 9.59 Å². The van der Waals surface area contributed by atoms with E-state index in [4.69, 9.17) is 0 Å². The van der Waals surface area contributed by atoms with Crippen LogP contribution in [0.2, 0.25) is 0 Å². The highest BCUT2D eigenvalue weighted by molar-refractivity contribution is 6.08. The maximum absolute atomic E-state index is 12.6. The molecule has 3 aromatic heterocycles. The molecule has 4 rings (SSSR count). The molecule has 0 bridgehead atoms. The Morgan fingerprint density at radius 1 is 1.13 bits per heavy atom. The summed E-state index contributed by atoms with van der Waals surface area (Å²) in [6, 6.07) is 0.972. The summed E-state index contributed by atoms with van der Waals surface area (Å²) in [6.07, 6.45) is 6.86. The fourth-order valence-corrected chi connectivity index (χ4v) is 3.48. The Morgan fingerprint density at radius 3 is 2.65 bits per heavy atom. The Hall–Kier alpha value is -3.76. The van der Waals surface area contributed by atoms with Gasteiger partial charge in [-0.25, -0.2) is 14.5 Å². The van der Waals surface area contributed by atoms with E-state index in [0.717, 1.165) is 25.9 Å². The molecule has 3 amide bonds. The third-order valence-corrected chi connectivity index (χ3v) is 4.92. The van der Waals surface area contributed by atoms with Crippen LogP contribution in [0, 0.1) is 0 Å². The van der Waals surface area contributed by atoms with Gasteiger partial charge in [-0.2, -0.15) is 10.1 Å². The van der Waals surface area contributed by atoms with E-state index in [1.165, 1.54) is 12.4 Å². The first kappa shape index (κ1) is 20.5. The van der Waals surface area contributed by atoms with Crippen LogP contribution in [0.1, 0.15) is 37.0 Å². The minimum absolute atomic E-state index is 0.0346. The van der Waals surface area contributed by atoms with Gasteiger partial charge in [-0.05, 0) is 32.8 Å². The molecule has 162 valence electrons. The topological polar surface area (TPSA) is 130 Å². The Labute approximate surface area is 179 Å². The number of pyridine rings is 1. The number of amides is 3. The molecule has 0 radical (unpaired) electrons. The molecule has 11 nitrogen and oxygen atoms in total. The molecule has 3 N–H and O–H groups in total. The van der Waals surface area contributed by atoms with Gasteiger partial charge in [-0.3, -0.25) is 15.1 Å². The number of aromatic nitrogens is 5. The summed E-state index contributed by atoms with van der Waals surface area (Å²) in [5.41, 5.74) is 1.25. The normalized spacial score (nSPS) is 13.6. The van der Waals surface area contributed by atoms with Gasteiger partial charge in [0.05, 0.1) is 22.8 Å². The molecule has 0 saturated carbocycles. The van der Waals surface area contributed by atoms with Gasteiger partial charge in [0.1, 0.15) is 0 Å². The molecule has 31 heavy (non-hydrogen) atoms. The van der Waals surface area contributed by atoms with Gasteiger partial charge in [0, 0.05) is 38.6 Å². The number of nitrogens with zero attached hydrogens (tertiary/aromatic N) is 6. The second kappa shape index (κ2) is 8.54. The highest BCUT2D eigenvalue weighted by atomic mass is 16.2. The lowest BCUT2D eigenvalue weighted by Gasteiger charge is -2.14. The first-order valence-corrected chi connectivity index (χ1v) is 10.2. The van der Waals surface area contributed by atoms with Crippen LogP contribution in [-0.2, 0) is 7.05 Å². The van der Waals surface area contributed by atoms with Crippen molar-refractivity contribution in [1.29, 1.82) is 0 Å². The molecule has 0 aliphatic carbocycles. The lowest BCUT2D eigenvalue weighted by Crippen LogP contribution is -2.31. The van der Waals surface area contributed by atoms with Crippen LogP contribution in [0.3, 0.4) is 0 Å². The van der Waals surface area contributed by atoms with E-state index in [2.05, 4.69) is 40.9 Å². The van der Waals surface area contributed by atoms with Crippen molar-refractivity contribution >= 4 is 40.4 Å². The van der Waals surface area contributed by atoms with Crippen LogP contribution in [0.4, 0.5) is 22.2 Å². The summed E-state index contributed by atoms with van der Waals surface area (Å²) in [5.74, 6) is 0.707. The first-order chi connectivity index (χ1) is 14.9. The largest absolute Gasteiger partial charge is 0.350 e. The van der Waals surface area contributed by atoms with Crippen LogP contribution in [0.5, 0.6) is 0 Å². The molecule has 1 fully saturated rings. The number of hydrogen-bond acceptors (Lipinski definition) is 7. The molecule has 0 atom stereocenters. The van der Waals surface area contributed by atoms with Gasteiger partial charge in [0.25, 0.3) is 5.91 Å². The number of carbonyl (C=O) groups is 2. The van der Waals surface area contributed by atoms with E-state index in [0.29, 0.717) is 34.1 Å². The standard InChI is InChI=1S/C20H25N9O2/c1-12(2)23-18(30)13-6-7-21-11-15(13)24-20(31)25-16-14-10-22-19(29-8-4-5-9-29)26-17(14)28(3)27-16/h6-7,10-12H,4-5,8-9H2,1-3H3,(H,23,30)(H2,24,25,27,31). The fraction of sp³-hybridized carbons (Fsp3) is 0.400. The monoisotopic (exact) mass is 423 g/mol. The van der Waals surface area contributed by atoms with Crippen molar-refractivity contribution in [3.8, 4) is 0 Å². The summed E-state index contributed by atoms with van der Waals surface area (Å²) < 4.78 is 1.61. The minimum Gasteiger partial charge on any atom is -0.350 e. The van der Waals surface area contributed by atoms with Crippen LogP contribution < -0.4 is 20.9 Å². The van der Waals surface area contributed by atoms with Gasteiger partial charge >= 0.3 is 6.03 Å². The predicted octanol–water partition coefficient (Wildman–Crippen LogP) is 2.14. The van der Waals surface area contributed by atoms with Crippen molar-refractivity contribution in [1.82, 2.24) is 30.0 Å². The van der Waals surface area contributed by atoms with Crippen molar-refractivity contribution in [2.24, 2.45) is 7.05 Å². The summed E-state index contributed by atoms with van der Waals surface area (Å²) in [6.45, 7) is 5.61. The Balaban J connectivity index is 1.52. The van der Waals surface area contributed by atoms with Gasteiger partial charge in [0.2, 0.25) is 5.95 Å². The molecule has 0 spiro atoms. The smallest absolute Gasteiger partial charge is 0.324 e. The molecule has 1 aliphatic rings. The summed E-state index contributed by atoms with van der Waals surface area (Å²) in [7, 11) is 1.77. The fourth-order valence-electron chi connectivity index (χ4n) is 3.48. The molecule has 1 aliphatic heterocycles. The average molecular weight is 423 g/mol. The zero-order valence-electron chi connectivity index (χ0n) is 17.7. The SMILES string of the molecule is CC(C)NC(=O)c1ccncc1NC(=O)Nc1nn(C)c2nc(N3CCCC3)ncc12. The van der Waals surface area contributed by atoms with Crippen molar-refractivity contribution in [2.75, 3.05) is 28.6 Å². The molecule has 4 heterocycles. The second-order valence-corrected chi connectivity index (χ2v) is 7.70. The van der Waals surface area contributed by atoms with Crippen molar-refractivity contribution in [3.63, 3.8) is 0 Å².